The molecule has 0 unspecified atom stereocenters. The molecule has 4 rings (SSSR count). The molecule has 8 nitrogen and oxygen atoms in total. The zero-order valence-corrected chi connectivity index (χ0v) is 28.3. The summed E-state index contributed by atoms with van der Waals surface area (Å²) in [4.78, 5) is 26.3. The molecule has 240 valence electrons. The van der Waals surface area contributed by atoms with Gasteiger partial charge in [-0.3, -0.25) is 4.79 Å². The van der Waals surface area contributed by atoms with Crippen molar-refractivity contribution in [2.24, 2.45) is 0 Å². The van der Waals surface area contributed by atoms with Gasteiger partial charge >= 0.3 is 6.09 Å². The van der Waals surface area contributed by atoms with Crippen LogP contribution in [0.1, 0.15) is 56.1 Å². The SMILES string of the molecule is C[C@H](Cc1cccc(CCNC(=O)O)c1)NC[C@H](O[Si](C)(C)C(C)(C)C)c1ccc(OCc2ccccc2)c2[nH]c(=O)ccc12. The van der Waals surface area contributed by atoms with E-state index in [2.05, 4.69) is 74.6 Å². The Morgan fingerprint density at radius 2 is 1.67 bits per heavy atom. The number of nitrogens with one attached hydrogen (secondary N) is 3. The van der Waals surface area contributed by atoms with Gasteiger partial charge in [0.1, 0.15) is 12.4 Å². The van der Waals surface area contributed by atoms with E-state index in [0.29, 0.717) is 37.4 Å². The van der Waals surface area contributed by atoms with Crippen LogP contribution in [0.25, 0.3) is 10.9 Å². The lowest BCUT2D eigenvalue weighted by atomic mass is 10.0. The number of ether oxygens (including phenoxy) is 1. The number of aromatic nitrogens is 1. The second-order valence-electron chi connectivity index (χ2n) is 13.2. The minimum Gasteiger partial charge on any atom is -0.487 e. The van der Waals surface area contributed by atoms with Gasteiger partial charge in [-0.2, -0.15) is 0 Å². The van der Waals surface area contributed by atoms with Crippen molar-refractivity contribution in [3.8, 4) is 5.75 Å². The molecule has 0 saturated heterocycles. The van der Waals surface area contributed by atoms with Gasteiger partial charge in [-0.1, -0.05) is 81.4 Å². The summed E-state index contributed by atoms with van der Waals surface area (Å²) in [7, 11) is -2.19. The fourth-order valence-electron chi connectivity index (χ4n) is 5.09. The molecule has 0 aliphatic heterocycles. The zero-order chi connectivity index (χ0) is 32.6. The van der Waals surface area contributed by atoms with Gasteiger partial charge < -0.3 is 29.9 Å². The van der Waals surface area contributed by atoms with Gasteiger partial charge in [0.15, 0.2) is 8.32 Å². The van der Waals surface area contributed by atoms with Crippen LogP contribution in [-0.4, -0.2) is 43.6 Å². The summed E-state index contributed by atoms with van der Waals surface area (Å²) < 4.78 is 13.3. The Kier molecular flexibility index (Phi) is 11.2. The number of pyridine rings is 1. The molecular weight excluding hydrogens is 582 g/mol. The van der Waals surface area contributed by atoms with Crippen LogP contribution in [0.4, 0.5) is 4.79 Å². The molecule has 1 heterocycles. The third kappa shape index (κ3) is 9.53. The van der Waals surface area contributed by atoms with Gasteiger partial charge in [-0.25, -0.2) is 4.79 Å². The Bertz CT molecular complexity index is 1630. The fourth-order valence-corrected chi connectivity index (χ4v) is 6.37. The number of H-pyrrole nitrogens is 1. The molecule has 4 N–H and O–H groups in total. The van der Waals surface area contributed by atoms with Crippen molar-refractivity contribution in [3.05, 3.63) is 111 Å². The van der Waals surface area contributed by atoms with Gasteiger partial charge in [0.05, 0.1) is 11.6 Å². The molecule has 0 aliphatic rings. The van der Waals surface area contributed by atoms with Crippen LogP contribution < -0.4 is 20.9 Å². The quantitative estimate of drug-likeness (QED) is 0.110. The zero-order valence-electron chi connectivity index (χ0n) is 27.3. The van der Waals surface area contributed by atoms with Crippen LogP contribution in [0.15, 0.2) is 83.7 Å². The lowest BCUT2D eigenvalue weighted by molar-refractivity contribution is 0.177. The largest absolute Gasteiger partial charge is 0.487 e. The van der Waals surface area contributed by atoms with Crippen molar-refractivity contribution in [1.29, 1.82) is 0 Å². The smallest absolute Gasteiger partial charge is 0.404 e. The van der Waals surface area contributed by atoms with Gasteiger partial charge in [-0.15, -0.1) is 0 Å². The van der Waals surface area contributed by atoms with E-state index in [4.69, 9.17) is 14.3 Å². The molecule has 0 aliphatic carbocycles. The Morgan fingerprint density at radius 3 is 2.38 bits per heavy atom. The third-order valence-electron chi connectivity index (χ3n) is 8.59. The van der Waals surface area contributed by atoms with E-state index in [0.717, 1.165) is 28.5 Å². The predicted molar refractivity (Wildman–Crippen MR) is 184 cm³/mol. The van der Waals surface area contributed by atoms with Crippen molar-refractivity contribution < 1.29 is 19.1 Å². The molecule has 2 atom stereocenters. The van der Waals surface area contributed by atoms with Crippen molar-refractivity contribution in [3.63, 3.8) is 0 Å². The number of carboxylic acid groups (broad SMARTS) is 1. The number of amides is 1. The van der Waals surface area contributed by atoms with E-state index in [1.54, 1.807) is 6.07 Å². The number of aromatic amines is 1. The summed E-state index contributed by atoms with van der Waals surface area (Å²) in [5, 5.41) is 15.9. The lowest BCUT2D eigenvalue weighted by Gasteiger charge is -2.40. The number of hydrogen-bond acceptors (Lipinski definition) is 5. The molecule has 3 aromatic carbocycles. The number of rotatable bonds is 14. The molecule has 0 bridgehead atoms. The fraction of sp³-hybridized carbons (Fsp3) is 0.389. The second kappa shape index (κ2) is 14.9. The topological polar surface area (TPSA) is 113 Å². The van der Waals surface area contributed by atoms with Crippen molar-refractivity contribution in [2.75, 3.05) is 13.1 Å². The third-order valence-corrected chi connectivity index (χ3v) is 13.1. The molecule has 0 saturated carbocycles. The minimum atomic E-state index is -2.19. The summed E-state index contributed by atoms with van der Waals surface area (Å²) in [6, 6.07) is 25.9. The van der Waals surface area contributed by atoms with Gasteiger partial charge in [0, 0.05) is 30.6 Å². The number of fused-ring (bicyclic) bond motifs is 1. The van der Waals surface area contributed by atoms with E-state index >= 15 is 0 Å². The maximum Gasteiger partial charge on any atom is 0.404 e. The minimum absolute atomic E-state index is 0.00958. The molecule has 1 aromatic heterocycles. The lowest BCUT2D eigenvalue weighted by Crippen LogP contribution is -2.44. The van der Waals surface area contributed by atoms with E-state index < -0.39 is 14.4 Å². The molecule has 45 heavy (non-hydrogen) atoms. The Morgan fingerprint density at radius 1 is 0.956 bits per heavy atom. The first kappa shape index (κ1) is 34.0. The highest BCUT2D eigenvalue weighted by atomic mass is 28.4. The molecule has 0 fully saturated rings. The summed E-state index contributed by atoms with van der Waals surface area (Å²) in [5.74, 6) is 0.626. The van der Waals surface area contributed by atoms with Crippen LogP contribution in [0.3, 0.4) is 0 Å². The Hall–Kier alpha value is -3.92. The van der Waals surface area contributed by atoms with E-state index in [1.165, 1.54) is 5.56 Å². The average molecular weight is 630 g/mol. The molecule has 0 spiro atoms. The van der Waals surface area contributed by atoms with Crippen molar-refractivity contribution >= 4 is 25.3 Å². The van der Waals surface area contributed by atoms with Crippen LogP contribution in [0.2, 0.25) is 18.1 Å². The molecule has 4 aromatic rings. The summed E-state index contributed by atoms with van der Waals surface area (Å²) >= 11 is 0. The second-order valence-corrected chi connectivity index (χ2v) is 18.0. The van der Waals surface area contributed by atoms with E-state index in [1.807, 2.05) is 54.6 Å². The van der Waals surface area contributed by atoms with Crippen molar-refractivity contribution in [2.45, 2.75) is 77.4 Å². The Balaban J connectivity index is 1.57. The van der Waals surface area contributed by atoms with Crippen LogP contribution in [0, 0.1) is 0 Å². The monoisotopic (exact) mass is 629 g/mol. The molecule has 9 heteroatoms. The number of benzene rings is 3. The normalized spacial score (nSPS) is 13.4. The summed E-state index contributed by atoms with van der Waals surface area (Å²) in [6.45, 7) is 14.8. The highest BCUT2D eigenvalue weighted by molar-refractivity contribution is 6.74. The molecule has 0 radical (unpaired) electrons. The van der Waals surface area contributed by atoms with E-state index in [-0.39, 0.29) is 22.7 Å². The Labute approximate surface area is 267 Å². The highest BCUT2D eigenvalue weighted by Crippen LogP contribution is 2.41. The number of hydrogen-bond donors (Lipinski definition) is 4. The number of carbonyl (C=O) groups is 1. The van der Waals surface area contributed by atoms with E-state index in [9.17, 15) is 9.59 Å². The first-order valence-corrected chi connectivity index (χ1v) is 18.5. The van der Waals surface area contributed by atoms with Crippen LogP contribution in [0.5, 0.6) is 5.75 Å². The summed E-state index contributed by atoms with van der Waals surface area (Å²) in [5.41, 5.74) is 4.83. The first-order valence-electron chi connectivity index (χ1n) is 15.6. The maximum absolute atomic E-state index is 12.5. The molecule has 1 amide bonds. The average Bonchev–Trinajstić information content (AvgIpc) is 2.98. The van der Waals surface area contributed by atoms with Crippen LogP contribution >= 0.6 is 0 Å². The summed E-state index contributed by atoms with van der Waals surface area (Å²) in [6.07, 6.45) is 0.197. The standard InChI is InChI=1S/C36H47N3O5Si/c1-25(21-28-14-10-13-26(22-28)19-20-37-35(41)42)38-23-32(44-45(5,6)36(2,3)4)29-15-17-31(34-30(29)16-18-33(40)39-34)43-24-27-11-8-7-9-12-27/h7-18,22,25,32,37-38H,19-21,23-24H2,1-6H3,(H,39,40)(H,41,42)/t25-,32+/m1/s1. The predicted octanol–water partition coefficient (Wildman–Crippen LogP) is 7.20. The van der Waals surface area contributed by atoms with Gasteiger partial charge in [0.2, 0.25) is 5.56 Å². The highest BCUT2D eigenvalue weighted by Gasteiger charge is 2.40. The van der Waals surface area contributed by atoms with Crippen molar-refractivity contribution in [1.82, 2.24) is 15.6 Å². The van der Waals surface area contributed by atoms with Crippen LogP contribution in [-0.2, 0) is 23.9 Å². The maximum atomic E-state index is 12.5. The van der Waals surface area contributed by atoms with Gasteiger partial charge in [0.25, 0.3) is 0 Å². The van der Waals surface area contributed by atoms with Gasteiger partial charge in [-0.05, 0) is 72.3 Å². The first-order chi connectivity index (χ1) is 21.3. The molecular formula is C36H47N3O5Si.